The van der Waals surface area contributed by atoms with Crippen molar-refractivity contribution in [2.24, 2.45) is 0 Å². The number of hydrogen-bond donors (Lipinski definition) is 0. The molecule has 16 heavy (non-hydrogen) atoms. The van der Waals surface area contributed by atoms with Gasteiger partial charge in [0, 0.05) is 12.4 Å². The van der Waals surface area contributed by atoms with Crippen molar-refractivity contribution < 1.29 is 0 Å². The molecule has 0 radical (unpaired) electrons. The van der Waals surface area contributed by atoms with E-state index in [1.165, 1.54) is 0 Å². The number of halogens is 1. The number of fused-ring (bicyclic) bond motifs is 1. The lowest BCUT2D eigenvalue weighted by Crippen LogP contribution is -1.95. The number of nitrogens with zero attached hydrogens (tertiary/aromatic N) is 5. The molecule has 3 rings (SSSR count). The lowest BCUT2D eigenvalue weighted by atomic mass is 10.4. The van der Waals surface area contributed by atoms with Crippen molar-refractivity contribution in [3.63, 3.8) is 0 Å². The maximum Gasteiger partial charge on any atom is 0.182 e. The summed E-state index contributed by atoms with van der Waals surface area (Å²) in [4.78, 5) is 4.23. The molecule has 0 bridgehead atoms. The molecule has 0 aliphatic carbocycles. The van der Waals surface area contributed by atoms with Gasteiger partial charge in [-0.05, 0) is 18.6 Å². The zero-order chi connectivity index (χ0) is 11.1. The molecule has 80 valence electrons. The number of aryl methyl sites for hydroxylation is 1. The summed E-state index contributed by atoms with van der Waals surface area (Å²) in [7, 11) is 0. The van der Waals surface area contributed by atoms with E-state index in [2.05, 4.69) is 15.2 Å². The van der Waals surface area contributed by atoms with E-state index < -0.39 is 0 Å². The highest BCUT2D eigenvalue weighted by molar-refractivity contribution is 6.29. The van der Waals surface area contributed by atoms with Gasteiger partial charge in [-0.1, -0.05) is 11.6 Å². The Hall–Kier alpha value is -1.88. The van der Waals surface area contributed by atoms with Gasteiger partial charge in [0.05, 0.1) is 12.4 Å². The first-order valence-corrected chi connectivity index (χ1v) is 5.13. The molecule has 0 unspecified atom stereocenters. The SMILES string of the molecule is Cc1cnn(-c2cnn3ccc(Cl)nc23)c1. The molecular weight excluding hydrogens is 226 g/mol. The minimum absolute atomic E-state index is 0.443. The van der Waals surface area contributed by atoms with Crippen LogP contribution in [-0.2, 0) is 0 Å². The molecule has 0 atom stereocenters. The minimum atomic E-state index is 0.443. The van der Waals surface area contributed by atoms with Crippen molar-refractivity contribution in [1.29, 1.82) is 0 Å². The molecule has 3 heterocycles. The van der Waals surface area contributed by atoms with E-state index in [4.69, 9.17) is 11.6 Å². The van der Waals surface area contributed by atoms with Crippen LogP contribution in [0.5, 0.6) is 0 Å². The van der Waals surface area contributed by atoms with Crippen molar-refractivity contribution in [1.82, 2.24) is 24.4 Å². The van der Waals surface area contributed by atoms with Crippen LogP contribution < -0.4 is 0 Å². The Bertz CT molecular complexity index is 654. The maximum atomic E-state index is 5.86. The molecule has 0 saturated carbocycles. The summed E-state index contributed by atoms with van der Waals surface area (Å²) in [5, 5.41) is 8.84. The third-order valence-electron chi connectivity index (χ3n) is 2.28. The Morgan fingerprint density at radius 3 is 2.88 bits per heavy atom. The summed E-state index contributed by atoms with van der Waals surface area (Å²) in [6.07, 6.45) is 7.18. The molecule has 0 spiro atoms. The minimum Gasteiger partial charge on any atom is -0.235 e. The summed E-state index contributed by atoms with van der Waals surface area (Å²) in [6.45, 7) is 1.98. The molecule has 0 aromatic carbocycles. The van der Waals surface area contributed by atoms with Crippen LogP contribution in [0.25, 0.3) is 11.3 Å². The lowest BCUT2D eigenvalue weighted by molar-refractivity contribution is 0.884. The third-order valence-corrected chi connectivity index (χ3v) is 2.49. The zero-order valence-corrected chi connectivity index (χ0v) is 9.26. The van der Waals surface area contributed by atoms with Crippen molar-refractivity contribution in [2.45, 2.75) is 6.92 Å². The largest absolute Gasteiger partial charge is 0.235 e. The first-order chi connectivity index (χ1) is 7.74. The predicted octanol–water partition coefficient (Wildman–Crippen LogP) is 1.88. The van der Waals surface area contributed by atoms with Gasteiger partial charge in [-0.15, -0.1) is 0 Å². The molecule has 0 fully saturated rings. The van der Waals surface area contributed by atoms with Crippen molar-refractivity contribution in [3.8, 4) is 5.69 Å². The normalized spacial score (nSPS) is 11.1. The maximum absolute atomic E-state index is 5.86. The Labute approximate surface area is 96.3 Å². The average molecular weight is 234 g/mol. The van der Waals surface area contributed by atoms with Crippen LogP contribution >= 0.6 is 11.6 Å². The molecule has 6 heteroatoms. The molecule has 3 aromatic heterocycles. The molecule has 0 aliphatic rings. The fourth-order valence-corrected chi connectivity index (χ4v) is 1.68. The molecule has 0 amide bonds. The zero-order valence-electron chi connectivity index (χ0n) is 8.50. The van der Waals surface area contributed by atoms with E-state index in [9.17, 15) is 0 Å². The molecule has 0 saturated heterocycles. The Kier molecular flexibility index (Phi) is 1.94. The summed E-state index contributed by atoms with van der Waals surface area (Å²) in [6, 6.07) is 1.69. The van der Waals surface area contributed by atoms with Crippen LogP contribution in [0.3, 0.4) is 0 Å². The first-order valence-electron chi connectivity index (χ1n) is 4.75. The number of hydrogen-bond acceptors (Lipinski definition) is 3. The van der Waals surface area contributed by atoms with Crippen LogP contribution in [-0.4, -0.2) is 24.4 Å². The second kappa shape index (κ2) is 3.31. The van der Waals surface area contributed by atoms with Crippen LogP contribution in [0.15, 0.2) is 30.9 Å². The molecule has 5 nitrogen and oxygen atoms in total. The van der Waals surface area contributed by atoms with Crippen molar-refractivity contribution in [3.05, 3.63) is 41.6 Å². The van der Waals surface area contributed by atoms with E-state index in [0.717, 1.165) is 11.3 Å². The highest BCUT2D eigenvalue weighted by Crippen LogP contribution is 2.15. The topological polar surface area (TPSA) is 48.0 Å². The fourth-order valence-electron chi connectivity index (χ4n) is 1.54. The Morgan fingerprint density at radius 1 is 1.25 bits per heavy atom. The van der Waals surface area contributed by atoms with E-state index in [-0.39, 0.29) is 0 Å². The second-order valence-electron chi connectivity index (χ2n) is 3.51. The van der Waals surface area contributed by atoms with Gasteiger partial charge in [0.25, 0.3) is 0 Å². The summed E-state index contributed by atoms with van der Waals surface area (Å²) in [5.41, 5.74) is 2.59. The average Bonchev–Trinajstić information content (AvgIpc) is 2.83. The van der Waals surface area contributed by atoms with Crippen LogP contribution in [0.2, 0.25) is 5.15 Å². The van der Waals surface area contributed by atoms with Gasteiger partial charge in [-0.25, -0.2) is 14.2 Å². The van der Waals surface area contributed by atoms with Crippen LogP contribution in [0.4, 0.5) is 0 Å². The van der Waals surface area contributed by atoms with E-state index >= 15 is 0 Å². The van der Waals surface area contributed by atoms with Crippen molar-refractivity contribution in [2.75, 3.05) is 0 Å². The molecule has 3 aromatic rings. The highest BCUT2D eigenvalue weighted by atomic mass is 35.5. The number of aromatic nitrogens is 5. The van der Waals surface area contributed by atoms with E-state index in [1.807, 2.05) is 13.1 Å². The Morgan fingerprint density at radius 2 is 2.12 bits per heavy atom. The highest BCUT2D eigenvalue weighted by Gasteiger charge is 2.08. The molecular formula is C10H8ClN5. The lowest BCUT2D eigenvalue weighted by Gasteiger charge is -1.97. The van der Waals surface area contributed by atoms with E-state index in [0.29, 0.717) is 10.8 Å². The van der Waals surface area contributed by atoms with Crippen LogP contribution in [0.1, 0.15) is 5.56 Å². The fraction of sp³-hybridized carbons (Fsp3) is 0.100. The summed E-state index contributed by atoms with van der Waals surface area (Å²) >= 11 is 5.86. The second-order valence-corrected chi connectivity index (χ2v) is 3.90. The first kappa shape index (κ1) is 9.35. The smallest absolute Gasteiger partial charge is 0.182 e. The van der Waals surface area contributed by atoms with Gasteiger partial charge < -0.3 is 0 Å². The standard InChI is InChI=1S/C10H8ClN5/c1-7-4-12-16(6-7)8-5-13-15-3-2-9(11)14-10(8)15/h2-6H,1H3. The predicted molar refractivity (Wildman–Crippen MR) is 59.9 cm³/mol. The van der Waals surface area contributed by atoms with Gasteiger partial charge in [0.2, 0.25) is 0 Å². The van der Waals surface area contributed by atoms with Gasteiger partial charge in [-0.2, -0.15) is 10.2 Å². The quantitative estimate of drug-likeness (QED) is 0.603. The van der Waals surface area contributed by atoms with Crippen molar-refractivity contribution >= 4 is 17.2 Å². The van der Waals surface area contributed by atoms with Gasteiger partial charge >= 0.3 is 0 Å². The molecule has 0 aliphatic heterocycles. The van der Waals surface area contributed by atoms with Gasteiger partial charge in [-0.3, -0.25) is 0 Å². The summed E-state index contributed by atoms with van der Waals surface area (Å²) < 4.78 is 3.40. The third kappa shape index (κ3) is 1.37. The van der Waals surface area contributed by atoms with Gasteiger partial charge in [0.15, 0.2) is 5.65 Å². The number of rotatable bonds is 1. The van der Waals surface area contributed by atoms with Crippen LogP contribution in [0, 0.1) is 6.92 Å². The molecule has 0 N–H and O–H groups in total. The van der Waals surface area contributed by atoms with Gasteiger partial charge in [0.1, 0.15) is 10.8 Å². The van der Waals surface area contributed by atoms with E-state index in [1.54, 1.807) is 33.9 Å². The monoisotopic (exact) mass is 233 g/mol. The Balaban J connectivity index is 2.27. The summed E-state index contributed by atoms with van der Waals surface area (Å²) in [5.74, 6) is 0.